The molecule has 0 atom stereocenters. The van der Waals surface area contributed by atoms with Crippen molar-refractivity contribution in [3.63, 3.8) is 0 Å². The van der Waals surface area contributed by atoms with Crippen molar-refractivity contribution in [2.45, 2.75) is 44.4 Å². The molecular formula is C18H28N2OS. The number of carbonyl (C=O) groups is 1. The van der Waals surface area contributed by atoms with Gasteiger partial charge in [-0.1, -0.05) is 25.5 Å². The number of hydrogen-bond donors (Lipinski definition) is 1. The topological polar surface area (TPSA) is 32.3 Å². The van der Waals surface area contributed by atoms with Gasteiger partial charge in [-0.25, -0.2) is 0 Å². The van der Waals surface area contributed by atoms with Gasteiger partial charge in [0.2, 0.25) is 0 Å². The fourth-order valence-electron chi connectivity index (χ4n) is 2.87. The molecule has 0 bridgehead atoms. The zero-order valence-corrected chi connectivity index (χ0v) is 14.6. The average Bonchev–Trinajstić information content (AvgIpc) is 2.55. The first-order chi connectivity index (χ1) is 10.7. The normalized spacial score (nSPS) is 16.6. The first kappa shape index (κ1) is 17.4. The van der Waals surface area contributed by atoms with Crippen LogP contribution in [0.2, 0.25) is 0 Å². The van der Waals surface area contributed by atoms with Crippen LogP contribution in [0.1, 0.15) is 48.5 Å². The van der Waals surface area contributed by atoms with Gasteiger partial charge in [0.1, 0.15) is 0 Å². The molecule has 122 valence electrons. The lowest BCUT2D eigenvalue weighted by atomic mass is 10.0. The van der Waals surface area contributed by atoms with Crippen molar-refractivity contribution < 1.29 is 4.79 Å². The van der Waals surface area contributed by atoms with Crippen molar-refractivity contribution in [1.82, 2.24) is 10.2 Å². The summed E-state index contributed by atoms with van der Waals surface area (Å²) in [7, 11) is 0. The number of benzene rings is 1. The smallest absolute Gasteiger partial charge is 0.251 e. The van der Waals surface area contributed by atoms with E-state index in [1.54, 1.807) is 11.8 Å². The van der Waals surface area contributed by atoms with E-state index in [0.29, 0.717) is 6.04 Å². The summed E-state index contributed by atoms with van der Waals surface area (Å²) in [6, 6.07) is 8.32. The van der Waals surface area contributed by atoms with Crippen LogP contribution in [0.5, 0.6) is 0 Å². The SMILES string of the molecule is CCCCN1CCC(NC(=O)c2ccc(CSC)cc2)CC1. The summed E-state index contributed by atoms with van der Waals surface area (Å²) in [4.78, 5) is 14.8. The number of rotatable bonds is 7. The van der Waals surface area contributed by atoms with E-state index in [4.69, 9.17) is 0 Å². The van der Waals surface area contributed by atoms with Crippen LogP contribution in [-0.2, 0) is 5.75 Å². The average molecular weight is 321 g/mol. The summed E-state index contributed by atoms with van der Waals surface area (Å²) < 4.78 is 0. The molecule has 1 aromatic rings. The Hall–Kier alpha value is -1.00. The quantitative estimate of drug-likeness (QED) is 0.834. The summed E-state index contributed by atoms with van der Waals surface area (Å²) in [5, 5.41) is 3.19. The highest BCUT2D eigenvalue weighted by Gasteiger charge is 2.20. The second-order valence-corrected chi connectivity index (χ2v) is 6.94. The molecule has 2 rings (SSSR count). The molecule has 1 N–H and O–H groups in total. The number of hydrogen-bond acceptors (Lipinski definition) is 3. The number of unbranched alkanes of at least 4 members (excludes halogenated alkanes) is 1. The molecule has 1 aromatic carbocycles. The third-order valence-corrected chi connectivity index (χ3v) is 4.90. The Kier molecular flexibility index (Phi) is 7.26. The molecule has 1 saturated heterocycles. The van der Waals surface area contributed by atoms with Gasteiger partial charge in [-0.15, -0.1) is 0 Å². The van der Waals surface area contributed by atoms with E-state index in [0.717, 1.165) is 37.2 Å². The fraction of sp³-hybridized carbons (Fsp3) is 0.611. The van der Waals surface area contributed by atoms with Crippen LogP contribution in [0.15, 0.2) is 24.3 Å². The molecule has 0 saturated carbocycles. The van der Waals surface area contributed by atoms with Crippen LogP contribution in [0.4, 0.5) is 0 Å². The van der Waals surface area contributed by atoms with Crippen molar-refractivity contribution in [1.29, 1.82) is 0 Å². The summed E-state index contributed by atoms with van der Waals surface area (Å²) in [5.41, 5.74) is 2.05. The van der Waals surface area contributed by atoms with E-state index in [9.17, 15) is 4.79 Å². The van der Waals surface area contributed by atoms with Crippen molar-refractivity contribution in [3.8, 4) is 0 Å². The first-order valence-corrected chi connectivity index (χ1v) is 9.73. The maximum absolute atomic E-state index is 12.3. The van der Waals surface area contributed by atoms with Gasteiger partial charge in [-0.3, -0.25) is 4.79 Å². The van der Waals surface area contributed by atoms with E-state index >= 15 is 0 Å². The van der Waals surface area contributed by atoms with Gasteiger partial charge in [-0.2, -0.15) is 11.8 Å². The summed E-state index contributed by atoms with van der Waals surface area (Å²) in [6.07, 6.45) is 6.76. The molecule has 0 aliphatic carbocycles. The van der Waals surface area contributed by atoms with Crippen LogP contribution >= 0.6 is 11.8 Å². The lowest BCUT2D eigenvalue weighted by Crippen LogP contribution is -2.44. The van der Waals surface area contributed by atoms with Gasteiger partial charge in [0.25, 0.3) is 5.91 Å². The second-order valence-electron chi connectivity index (χ2n) is 6.07. The number of piperidine rings is 1. The molecule has 1 amide bonds. The molecule has 1 fully saturated rings. The standard InChI is InChI=1S/C18H28N2OS/c1-3-4-11-20-12-9-17(10-13-20)19-18(21)16-7-5-15(6-8-16)14-22-2/h5-8,17H,3-4,9-14H2,1-2H3,(H,19,21). The van der Waals surface area contributed by atoms with Gasteiger partial charge in [0.15, 0.2) is 0 Å². The molecule has 1 aliphatic rings. The highest BCUT2D eigenvalue weighted by atomic mass is 32.2. The molecule has 3 nitrogen and oxygen atoms in total. The highest BCUT2D eigenvalue weighted by Crippen LogP contribution is 2.14. The summed E-state index contributed by atoms with van der Waals surface area (Å²) in [5.74, 6) is 1.07. The molecule has 0 radical (unpaired) electrons. The Labute approximate surface area is 138 Å². The van der Waals surface area contributed by atoms with E-state index in [2.05, 4.69) is 35.5 Å². The predicted molar refractivity (Wildman–Crippen MR) is 95.5 cm³/mol. The first-order valence-electron chi connectivity index (χ1n) is 8.34. The molecule has 0 aromatic heterocycles. The maximum Gasteiger partial charge on any atom is 0.251 e. The van der Waals surface area contributed by atoms with Crippen molar-refractivity contribution >= 4 is 17.7 Å². The largest absolute Gasteiger partial charge is 0.349 e. The Morgan fingerprint density at radius 2 is 1.95 bits per heavy atom. The van der Waals surface area contributed by atoms with Crippen molar-refractivity contribution in [2.24, 2.45) is 0 Å². The number of likely N-dealkylation sites (tertiary alicyclic amines) is 1. The van der Waals surface area contributed by atoms with E-state index in [1.165, 1.54) is 24.9 Å². The number of nitrogens with one attached hydrogen (secondary N) is 1. The van der Waals surface area contributed by atoms with Gasteiger partial charge in [0, 0.05) is 30.4 Å². The van der Waals surface area contributed by atoms with Crippen LogP contribution in [0.3, 0.4) is 0 Å². The number of thioether (sulfide) groups is 1. The molecule has 0 unspecified atom stereocenters. The Morgan fingerprint density at radius 3 is 2.55 bits per heavy atom. The third kappa shape index (κ3) is 5.33. The summed E-state index contributed by atoms with van der Waals surface area (Å²) in [6.45, 7) is 5.65. The molecule has 22 heavy (non-hydrogen) atoms. The monoisotopic (exact) mass is 320 g/mol. The maximum atomic E-state index is 12.3. The summed E-state index contributed by atoms with van der Waals surface area (Å²) >= 11 is 1.80. The second kappa shape index (κ2) is 9.21. The molecule has 1 heterocycles. The minimum absolute atomic E-state index is 0.0720. The van der Waals surface area contributed by atoms with Gasteiger partial charge in [0.05, 0.1) is 0 Å². The van der Waals surface area contributed by atoms with E-state index in [1.807, 2.05) is 12.1 Å². The Bertz CT molecular complexity index is 453. The van der Waals surface area contributed by atoms with E-state index in [-0.39, 0.29) is 5.91 Å². The minimum Gasteiger partial charge on any atom is -0.349 e. The minimum atomic E-state index is 0.0720. The van der Waals surface area contributed by atoms with Crippen LogP contribution in [-0.4, -0.2) is 42.7 Å². The van der Waals surface area contributed by atoms with Gasteiger partial charge < -0.3 is 10.2 Å². The predicted octanol–water partition coefficient (Wildman–Crippen LogP) is 3.54. The zero-order valence-electron chi connectivity index (χ0n) is 13.8. The van der Waals surface area contributed by atoms with E-state index < -0.39 is 0 Å². The number of amides is 1. The van der Waals surface area contributed by atoms with Crippen LogP contribution < -0.4 is 5.32 Å². The number of nitrogens with zero attached hydrogens (tertiary/aromatic N) is 1. The third-order valence-electron chi connectivity index (χ3n) is 4.28. The highest BCUT2D eigenvalue weighted by molar-refractivity contribution is 7.97. The molecule has 0 spiro atoms. The van der Waals surface area contributed by atoms with Crippen LogP contribution in [0.25, 0.3) is 0 Å². The lowest BCUT2D eigenvalue weighted by molar-refractivity contribution is 0.0911. The van der Waals surface area contributed by atoms with Gasteiger partial charge >= 0.3 is 0 Å². The van der Waals surface area contributed by atoms with Crippen molar-refractivity contribution in [3.05, 3.63) is 35.4 Å². The molecule has 4 heteroatoms. The fourth-order valence-corrected chi connectivity index (χ4v) is 3.40. The Morgan fingerprint density at radius 1 is 1.27 bits per heavy atom. The number of carbonyl (C=O) groups excluding carboxylic acids is 1. The lowest BCUT2D eigenvalue weighted by Gasteiger charge is -2.32. The Balaban J connectivity index is 1.78. The molecule has 1 aliphatic heterocycles. The zero-order chi connectivity index (χ0) is 15.8. The van der Waals surface area contributed by atoms with Crippen LogP contribution in [0, 0.1) is 0 Å². The molecular weight excluding hydrogens is 292 g/mol. The van der Waals surface area contributed by atoms with Gasteiger partial charge in [-0.05, 0) is 49.8 Å². The van der Waals surface area contributed by atoms with Crippen molar-refractivity contribution in [2.75, 3.05) is 25.9 Å².